The molecule has 2 N–H and O–H groups in total. The Kier molecular flexibility index (Phi) is 9.25. The van der Waals surface area contributed by atoms with Crippen molar-refractivity contribution < 1.29 is 13.9 Å². The van der Waals surface area contributed by atoms with Gasteiger partial charge in [0, 0.05) is 18.3 Å². The standard InChI is InChI=1S/C18H26N4O3.HI/c1-6-19-18(20-11-17-21-12(3)13(4)25-17)22-14-8-9-15(23-5)16(10-14)24-7-2;/h8-10H,6-7,11H2,1-5H3,(H2,19,20,22);1H. The van der Waals surface area contributed by atoms with Crippen molar-refractivity contribution >= 4 is 35.6 Å². The molecule has 26 heavy (non-hydrogen) atoms. The summed E-state index contributed by atoms with van der Waals surface area (Å²) in [6.45, 7) is 9.43. The van der Waals surface area contributed by atoms with E-state index in [9.17, 15) is 0 Å². The quantitative estimate of drug-likeness (QED) is 0.360. The molecule has 1 aromatic heterocycles. The third-order valence-electron chi connectivity index (χ3n) is 3.52. The lowest BCUT2D eigenvalue weighted by Gasteiger charge is -2.14. The van der Waals surface area contributed by atoms with Gasteiger partial charge < -0.3 is 24.5 Å². The highest BCUT2D eigenvalue weighted by atomic mass is 127. The van der Waals surface area contributed by atoms with Crippen LogP contribution in [0.2, 0.25) is 0 Å². The Balaban J connectivity index is 0.00000338. The molecule has 2 aromatic rings. The number of guanidine groups is 1. The Labute approximate surface area is 171 Å². The van der Waals surface area contributed by atoms with E-state index in [2.05, 4.69) is 20.6 Å². The number of ether oxygens (including phenoxy) is 2. The molecule has 7 nitrogen and oxygen atoms in total. The fourth-order valence-electron chi connectivity index (χ4n) is 2.22. The normalized spacial score (nSPS) is 10.9. The zero-order chi connectivity index (χ0) is 18.2. The van der Waals surface area contributed by atoms with E-state index in [1.165, 1.54) is 0 Å². The maximum atomic E-state index is 5.61. The summed E-state index contributed by atoms with van der Waals surface area (Å²) < 4.78 is 16.5. The van der Waals surface area contributed by atoms with Gasteiger partial charge in [-0.15, -0.1) is 24.0 Å². The lowest BCUT2D eigenvalue weighted by molar-refractivity contribution is 0.311. The van der Waals surface area contributed by atoms with Gasteiger partial charge in [0.05, 0.1) is 19.4 Å². The smallest absolute Gasteiger partial charge is 0.216 e. The van der Waals surface area contributed by atoms with Gasteiger partial charge >= 0.3 is 0 Å². The Morgan fingerprint density at radius 2 is 2.00 bits per heavy atom. The second-order valence-electron chi connectivity index (χ2n) is 5.37. The molecule has 0 unspecified atom stereocenters. The first-order valence-electron chi connectivity index (χ1n) is 8.36. The fourth-order valence-corrected chi connectivity index (χ4v) is 2.22. The summed E-state index contributed by atoms with van der Waals surface area (Å²) in [6.07, 6.45) is 0. The first-order chi connectivity index (χ1) is 12.1. The molecular weight excluding hydrogens is 447 g/mol. The summed E-state index contributed by atoms with van der Waals surface area (Å²) in [5, 5.41) is 6.46. The van der Waals surface area contributed by atoms with E-state index in [0.717, 1.165) is 23.7 Å². The summed E-state index contributed by atoms with van der Waals surface area (Å²) in [7, 11) is 1.62. The van der Waals surface area contributed by atoms with Gasteiger partial charge in [-0.1, -0.05) is 0 Å². The molecule has 144 valence electrons. The van der Waals surface area contributed by atoms with Crippen LogP contribution in [0.4, 0.5) is 5.69 Å². The molecule has 0 aliphatic heterocycles. The van der Waals surface area contributed by atoms with Crippen molar-refractivity contribution in [2.24, 2.45) is 4.99 Å². The molecule has 0 spiro atoms. The summed E-state index contributed by atoms with van der Waals surface area (Å²) in [5.74, 6) is 3.44. The van der Waals surface area contributed by atoms with Crippen molar-refractivity contribution in [1.82, 2.24) is 10.3 Å². The number of aryl methyl sites for hydroxylation is 2. The van der Waals surface area contributed by atoms with E-state index in [1.807, 2.05) is 45.9 Å². The number of halogens is 1. The number of oxazole rings is 1. The molecule has 0 aliphatic rings. The maximum Gasteiger partial charge on any atom is 0.216 e. The van der Waals surface area contributed by atoms with Crippen LogP contribution >= 0.6 is 24.0 Å². The van der Waals surface area contributed by atoms with Crippen LogP contribution in [-0.2, 0) is 6.54 Å². The molecular formula is C18H27IN4O3. The SMILES string of the molecule is CCNC(=NCc1nc(C)c(C)o1)Nc1ccc(OC)c(OCC)c1.I. The van der Waals surface area contributed by atoms with Gasteiger partial charge in [0.25, 0.3) is 0 Å². The number of hydrogen-bond donors (Lipinski definition) is 2. The third kappa shape index (κ3) is 6.08. The van der Waals surface area contributed by atoms with E-state index < -0.39 is 0 Å². The van der Waals surface area contributed by atoms with Gasteiger partial charge in [-0.3, -0.25) is 0 Å². The predicted molar refractivity (Wildman–Crippen MR) is 114 cm³/mol. The van der Waals surface area contributed by atoms with Gasteiger partial charge in [-0.25, -0.2) is 9.98 Å². The minimum Gasteiger partial charge on any atom is -0.493 e. The highest BCUT2D eigenvalue weighted by Crippen LogP contribution is 2.30. The van der Waals surface area contributed by atoms with Crippen LogP contribution in [0.15, 0.2) is 27.6 Å². The van der Waals surface area contributed by atoms with Gasteiger partial charge in [0.1, 0.15) is 12.3 Å². The lowest BCUT2D eigenvalue weighted by atomic mass is 10.2. The molecule has 0 aliphatic carbocycles. The number of nitrogens with one attached hydrogen (secondary N) is 2. The average Bonchev–Trinajstić information content (AvgIpc) is 2.92. The number of nitrogens with zero attached hydrogens (tertiary/aromatic N) is 2. The van der Waals surface area contributed by atoms with Crippen molar-refractivity contribution in [3.63, 3.8) is 0 Å². The summed E-state index contributed by atoms with van der Waals surface area (Å²) in [6, 6.07) is 5.65. The second-order valence-corrected chi connectivity index (χ2v) is 5.37. The average molecular weight is 474 g/mol. The maximum absolute atomic E-state index is 5.61. The zero-order valence-electron chi connectivity index (χ0n) is 15.9. The Bertz CT molecular complexity index is 712. The second kappa shape index (κ2) is 10.9. The molecule has 0 fully saturated rings. The Morgan fingerprint density at radius 3 is 2.58 bits per heavy atom. The van der Waals surface area contributed by atoms with Crippen molar-refractivity contribution in [3.05, 3.63) is 35.5 Å². The number of hydrogen-bond acceptors (Lipinski definition) is 5. The number of aromatic nitrogens is 1. The first-order valence-corrected chi connectivity index (χ1v) is 8.36. The van der Waals surface area contributed by atoms with Gasteiger partial charge in [0.15, 0.2) is 17.5 Å². The highest BCUT2D eigenvalue weighted by molar-refractivity contribution is 14.0. The minimum absolute atomic E-state index is 0. The van der Waals surface area contributed by atoms with E-state index in [-0.39, 0.29) is 24.0 Å². The summed E-state index contributed by atoms with van der Waals surface area (Å²) in [5.41, 5.74) is 1.74. The molecule has 0 radical (unpaired) electrons. The number of aliphatic imine (C=N–C) groups is 1. The van der Waals surface area contributed by atoms with E-state index >= 15 is 0 Å². The van der Waals surface area contributed by atoms with Gasteiger partial charge in [0.2, 0.25) is 5.89 Å². The summed E-state index contributed by atoms with van der Waals surface area (Å²) in [4.78, 5) is 8.86. The minimum atomic E-state index is 0. The predicted octanol–water partition coefficient (Wildman–Crippen LogP) is 3.89. The molecule has 0 amide bonds. The van der Waals surface area contributed by atoms with Crippen LogP contribution in [0, 0.1) is 13.8 Å². The summed E-state index contributed by atoms with van der Waals surface area (Å²) >= 11 is 0. The van der Waals surface area contributed by atoms with Crippen molar-refractivity contribution in [1.29, 1.82) is 0 Å². The third-order valence-corrected chi connectivity index (χ3v) is 3.52. The zero-order valence-corrected chi connectivity index (χ0v) is 18.2. The number of methoxy groups -OCH3 is 1. The molecule has 1 aromatic carbocycles. The molecule has 0 atom stereocenters. The number of anilines is 1. The van der Waals surface area contributed by atoms with Crippen LogP contribution in [0.3, 0.4) is 0 Å². The van der Waals surface area contributed by atoms with E-state index in [1.54, 1.807) is 7.11 Å². The van der Waals surface area contributed by atoms with E-state index in [0.29, 0.717) is 36.5 Å². The Hall–Kier alpha value is -1.97. The molecule has 1 heterocycles. The van der Waals surface area contributed by atoms with Crippen molar-refractivity contribution in [2.75, 3.05) is 25.6 Å². The first kappa shape index (κ1) is 22.1. The lowest BCUT2D eigenvalue weighted by Crippen LogP contribution is -2.30. The largest absolute Gasteiger partial charge is 0.493 e. The highest BCUT2D eigenvalue weighted by Gasteiger charge is 2.08. The fraction of sp³-hybridized carbons (Fsp3) is 0.444. The van der Waals surface area contributed by atoms with Crippen LogP contribution < -0.4 is 20.1 Å². The molecule has 8 heteroatoms. The van der Waals surface area contributed by atoms with Crippen LogP contribution in [0.25, 0.3) is 0 Å². The van der Waals surface area contributed by atoms with Gasteiger partial charge in [-0.05, 0) is 39.8 Å². The van der Waals surface area contributed by atoms with Crippen LogP contribution in [0.5, 0.6) is 11.5 Å². The van der Waals surface area contributed by atoms with Crippen molar-refractivity contribution in [3.8, 4) is 11.5 Å². The number of benzene rings is 1. The van der Waals surface area contributed by atoms with E-state index in [4.69, 9.17) is 13.9 Å². The van der Waals surface area contributed by atoms with Crippen LogP contribution in [0.1, 0.15) is 31.2 Å². The Morgan fingerprint density at radius 1 is 1.23 bits per heavy atom. The van der Waals surface area contributed by atoms with Crippen molar-refractivity contribution in [2.45, 2.75) is 34.2 Å². The monoisotopic (exact) mass is 474 g/mol. The van der Waals surface area contributed by atoms with Gasteiger partial charge in [-0.2, -0.15) is 0 Å². The molecule has 0 saturated heterocycles. The topological polar surface area (TPSA) is 80.9 Å². The number of rotatable bonds is 7. The van der Waals surface area contributed by atoms with Crippen LogP contribution in [-0.4, -0.2) is 31.2 Å². The molecule has 0 bridgehead atoms. The molecule has 2 rings (SSSR count). The molecule has 0 saturated carbocycles.